The Kier molecular flexibility index (Phi) is 3.87. The maximum absolute atomic E-state index is 5.88. The molecule has 0 saturated carbocycles. The van der Waals surface area contributed by atoms with E-state index in [9.17, 15) is 0 Å². The number of hydrogen-bond acceptors (Lipinski definition) is 2. The van der Waals surface area contributed by atoms with Crippen molar-refractivity contribution in [2.75, 3.05) is 18.1 Å². The highest BCUT2D eigenvalue weighted by Crippen LogP contribution is 2.36. The van der Waals surface area contributed by atoms with Gasteiger partial charge in [0, 0.05) is 11.2 Å². The van der Waals surface area contributed by atoms with Gasteiger partial charge in [-0.1, -0.05) is 36.4 Å². The summed E-state index contributed by atoms with van der Waals surface area (Å²) in [5.41, 5.74) is 3.01. The third-order valence-electron chi connectivity index (χ3n) is 4.35. The van der Waals surface area contributed by atoms with Crippen molar-refractivity contribution in [1.29, 1.82) is 0 Å². The van der Waals surface area contributed by atoms with Crippen molar-refractivity contribution < 1.29 is 4.74 Å². The first kappa shape index (κ1) is 14.0. The lowest BCUT2D eigenvalue weighted by molar-refractivity contribution is 0.300. The van der Waals surface area contributed by atoms with Crippen LogP contribution in [0, 0.1) is 0 Å². The standard InChI is InChI=1S/C19H23NO/c1-19(2)13-12-16-8-6-7-11-18(16)20(19)14-15-21-17-9-4-3-5-10-17/h3-11H,12-15H2,1-2H3. The number of para-hydroxylation sites is 2. The monoisotopic (exact) mass is 281 g/mol. The van der Waals surface area contributed by atoms with Gasteiger partial charge in [0.25, 0.3) is 0 Å². The summed E-state index contributed by atoms with van der Waals surface area (Å²) >= 11 is 0. The fraction of sp³-hybridized carbons (Fsp3) is 0.368. The number of rotatable bonds is 4. The molecule has 0 spiro atoms. The lowest BCUT2D eigenvalue weighted by Crippen LogP contribution is -2.49. The van der Waals surface area contributed by atoms with Crippen molar-refractivity contribution in [3.05, 3.63) is 60.2 Å². The molecule has 0 bridgehead atoms. The third-order valence-corrected chi connectivity index (χ3v) is 4.35. The second-order valence-electron chi connectivity index (χ2n) is 6.25. The van der Waals surface area contributed by atoms with Crippen LogP contribution in [0.2, 0.25) is 0 Å². The molecule has 110 valence electrons. The molecule has 0 unspecified atom stereocenters. The Hall–Kier alpha value is -1.96. The zero-order valence-corrected chi connectivity index (χ0v) is 12.9. The van der Waals surface area contributed by atoms with Crippen molar-refractivity contribution in [3.8, 4) is 5.75 Å². The Morgan fingerprint density at radius 1 is 1.00 bits per heavy atom. The number of anilines is 1. The van der Waals surface area contributed by atoms with Gasteiger partial charge in [0.2, 0.25) is 0 Å². The predicted octanol–water partition coefficient (Wildman–Crippen LogP) is 4.30. The van der Waals surface area contributed by atoms with Gasteiger partial charge in [0.15, 0.2) is 0 Å². The Bertz CT molecular complexity index is 592. The van der Waals surface area contributed by atoms with Crippen LogP contribution in [0.3, 0.4) is 0 Å². The van der Waals surface area contributed by atoms with Crippen molar-refractivity contribution >= 4 is 5.69 Å². The van der Waals surface area contributed by atoms with E-state index in [1.807, 2.05) is 30.3 Å². The van der Waals surface area contributed by atoms with Crippen LogP contribution in [0.25, 0.3) is 0 Å². The van der Waals surface area contributed by atoms with Gasteiger partial charge in [-0.05, 0) is 50.5 Å². The van der Waals surface area contributed by atoms with Crippen molar-refractivity contribution in [2.45, 2.75) is 32.2 Å². The minimum Gasteiger partial charge on any atom is -0.492 e. The molecule has 1 aliphatic heterocycles. The van der Waals surface area contributed by atoms with Crippen LogP contribution in [0.5, 0.6) is 5.75 Å². The number of aryl methyl sites for hydroxylation is 1. The van der Waals surface area contributed by atoms with Crippen LogP contribution in [0.15, 0.2) is 54.6 Å². The molecule has 0 aliphatic carbocycles. The molecule has 0 radical (unpaired) electrons. The summed E-state index contributed by atoms with van der Waals surface area (Å²) in [6.07, 6.45) is 2.36. The number of fused-ring (bicyclic) bond motifs is 1. The summed E-state index contributed by atoms with van der Waals surface area (Å²) in [4.78, 5) is 2.49. The first-order chi connectivity index (χ1) is 10.2. The molecule has 3 rings (SSSR count). The van der Waals surface area contributed by atoms with E-state index in [1.54, 1.807) is 0 Å². The van der Waals surface area contributed by atoms with Crippen LogP contribution in [0.1, 0.15) is 25.8 Å². The van der Waals surface area contributed by atoms with Crippen molar-refractivity contribution in [3.63, 3.8) is 0 Å². The van der Waals surface area contributed by atoms with E-state index in [-0.39, 0.29) is 5.54 Å². The molecule has 0 atom stereocenters. The van der Waals surface area contributed by atoms with Gasteiger partial charge in [-0.15, -0.1) is 0 Å². The molecule has 1 heterocycles. The first-order valence-electron chi connectivity index (χ1n) is 7.70. The topological polar surface area (TPSA) is 12.5 Å². The molecule has 1 aliphatic rings. The van der Waals surface area contributed by atoms with E-state index >= 15 is 0 Å². The maximum atomic E-state index is 5.88. The molecular weight excluding hydrogens is 258 g/mol. The van der Waals surface area contributed by atoms with Crippen LogP contribution in [0.4, 0.5) is 5.69 Å². The predicted molar refractivity (Wildman–Crippen MR) is 88.1 cm³/mol. The Morgan fingerprint density at radius 2 is 1.71 bits per heavy atom. The van der Waals surface area contributed by atoms with E-state index in [2.05, 4.69) is 43.0 Å². The van der Waals surface area contributed by atoms with Crippen molar-refractivity contribution in [1.82, 2.24) is 0 Å². The molecule has 0 fully saturated rings. The van der Waals surface area contributed by atoms with Crippen LogP contribution in [-0.4, -0.2) is 18.7 Å². The van der Waals surface area contributed by atoms with Gasteiger partial charge in [0.1, 0.15) is 12.4 Å². The highest BCUT2D eigenvalue weighted by molar-refractivity contribution is 5.57. The summed E-state index contributed by atoms with van der Waals surface area (Å²) in [6, 6.07) is 18.8. The maximum Gasteiger partial charge on any atom is 0.119 e. The summed E-state index contributed by atoms with van der Waals surface area (Å²) in [7, 11) is 0. The lowest BCUT2D eigenvalue weighted by atomic mass is 9.87. The van der Waals surface area contributed by atoms with E-state index < -0.39 is 0 Å². The van der Waals surface area contributed by atoms with Gasteiger partial charge in [0.05, 0.1) is 6.54 Å². The second-order valence-corrected chi connectivity index (χ2v) is 6.25. The Morgan fingerprint density at radius 3 is 2.52 bits per heavy atom. The molecule has 0 saturated heterocycles. The zero-order valence-electron chi connectivity index (χ0n) is 12.9. The summed E-state index contributed by atoms with van der Waals surface area (Å²) in [6.45, 7) is 6.28. The van der Waals surface area contributed by atoms with Gasteiger partial charge < -0.3 is 9.64 Å². The quantitative estimate of drug-likeness (QED) is 0.828. The van der Waals surface area contributed by atoms with Crippen LogP contribution < -0.4 is 9.64 Å². The highest BCUT2D eigenvalue weighted by atomic mass is 16.5. The summed E-state index contributed by atoms with van der Waals surface area (Å²) in [5.74, 6) is 0.945. The number of hydrogen-bond donors (Lipinski definition) is 0. The Balaban J connectivity index is 1.71. The molecule has 2 aromatic rings. The van der Waals surface area contributed by atoms with Crippen LogP contribution in [-0.2, 0) is 6.42 Å². The van der Waals surface area contributed by atoms with Gasteiger partial charge in [-0.2, -0.15) is 0 Å². The molecule has 2 nitrogen and oxygen atoms in total. The first-order valence-corrected chi connectivity index (χ1v) is 7.70. The van der Waals surface area contributed by atoms with Crippen molar-refractivity contribution in [2.24, 2.45) is 0 Å². The Labute approximate surface area is 127 Å². The highest BCUT2D eigenvalue weighted by Gasteiger charge is 2.32. The largest absolute Gasteiger partial charge is 0.492 e. The van der Waals surface area contributed by atoms with Gasteiger partial charge in [-0.3, -0.25) is 0 Å². The minimum absolute atomic E-state index is 0.189. The molecule has 0 N–H and O–H groups in total. The normalized spacial score (nSPS) is 16.4. The average Bonchev–Trinajstić information content (AvgIpc) is 2.50. The van der Waals surface area contributed by atoms with Crippen LogP contribution >= 0.6 is 0 Å². The third kappa shape index (κ3) is 3.05. The van der Waals surface area contributed by atoms with E-state index in [0.717, 1.165) is 12.3 Å². The van der Waals surface area contributed by atoms with E-state index in [1.165, 1.54) is 24.1 Å². The van der Waals surface area contributed by atoms with Gasteiger partial charge >= 0.3 is 0 Å². The molecule has 2 aromatic carbocycles. The smallest absolute Gasteiger partial charge is 0.119 e. The summed E-state index contributed by atoms with van der Waals surface area (Å²) in [5, 5.41) is 0. The fourth-order valence-corrected chi connectivity index (χ4v) is 3.08. The number of benzene rings is 2. The molecule has 21 heavy (non-hydrogen) atoms. The number of ether oxygens (including phenoxy) is 1. The molecule has 0 aromatic heterocycles. The number of nitrogens with zero attached hydrogens (tertiary/aromatic N) is 1. The SMILES string of the molecule is CC1(C)CCc2ccccc2N1CCOc1ccccc1. The molecule has 0 amide bonds. The molecular formula is C19H23NO. The molecule has 2 heteroatoms. The van der Waals surface area contributed by atoms with E-state index in [4.69, 9.17) is 4.74 Å². The zero-order chi connectivity index (χ0) is 14.7. The second kappa shape index (κ2) is 5.80. The summed E-state index contributed by atoms with van der Waals surface area (Å²) < 4.78 is 5.88. The van der Waals surface area contributed by atoms with Gasteiger partial charge in [-0.25, -0.2) is 0 Å². The minimum atomic E-state index is 0.189. The average molecular weight is 281 g/mol. The lowest BCUT2D eigenvalue weighted by Gasteiger charge is -2.45. The van der Waals surface area contributed by atoms with E-state index in [0.29, 0.717) is 6.61 Å². The fourth-order valence-electron chi connectivity index (χ4n) is 3.08.